The molecule has 2 rings (SSSR count). The molecule has 0 aliphatic heterocycles. The number of hydrogen-bond acceptors (Lipinski definition) is 1. The van der Waals surface area contributed by atoms with Crippen LogP contribution in [0.5, 0.6) is 0 Å². The molecule has 0 amide bonds. The van der Waals surface area contributed by atoms with E-state index in [4.69, 9.17) is 5.73 Å². The van der Waals surface area contributed by atoms with Crippen molar-refractivity contribution >= 4 is 0 Å². The molecule has 0 aromatic carbocycles. The minimum atomic E-state index is 0.596. The Morgan fingerprint density at radius 1 is 1.29 bits per heavy atom. The van der Waals surface area contributed by atoms with Crippen molar-refractivity contribution in [1.82, 2.24) is 0 Å². The van der Waals surface area contributed by atoms with Crippen LogP contribution < -0.4 is 5.73 Å². The molecule has 2 N–H and O–H groups in total. The second-order valence-corrected chi connectivity index (χ2v) is 2.90. The SMILES string of the molecule is NC1CC2CC[C@H]12. The smallest absolute Gasteiger partial charge is 0.00725 e. The van der Waals surface area contributed by atoms with Crippen LogP contribution in [0, 0.1) is 11.8 Å². The Hall–Kier alpha value is -0.0400. The Kier molecular flexibility index (Phi) is 0.571. The summed E-state index contributed by atoms with van der Waals surface area (Å²) in [6.07, 6.45) is 4.22. The third-order valence-electron chi connectivity index (χ3n) is 2.60. The van der Waals surface area contributed by atoms with Gasteiger partial charge in [0.2, 0.25) is 0 Å². The van der Waals surface area contributed by atoms with Crippen LogP contribution in [-0.4, -0.2) is 6.04 Å². The molecule has 40 valence electrons. The molecule has 0 bridgehead atoms. The van der Waals surface area contributed by atoms with Gasteiger partial charge in [0, 0.05) is 6.04 Å². The fourth-order valence-corrected chi connectivity index (χ4v) is 1.78. The Morgan fingerprint density at radius 3 is 2.14 bits per heavy atom. The largest absolute Gasteiger partial charge is 0.327 e. The lowest BCUT2D eigenvalue weighted by Crippen LogP contribution is -2.53. The molecule has 2 fully saturated rings. The van der Waals surface area contributed by atoms with Crippen LogP contribution >= 0.6 is 0 Å². The van der Waals surface area contributed by atoms with E-state index in [-0.39, 0.29) is 0 Å². The summed E-state index contributed by atoms with van der Waals surface area (Å²) in [4.78, 5) is 0. The molecule has 7 heavy (non-hydrogen) atoms. The average Bonchev–Trinajstić information content (AvgIpc) is 1.59. The zero-order chi connectivity index (χ0) is 4.85. The zero-order valence-electron chi connectivity index (χ0n) is 4.43. The summed E-state index contributed by atoms with van der Waals surface area (Å²) >= 11 is 0. The van der Waals surface area contributed by atoms with Crippen molar-refractivity contribution in [3.05, 3.63) is 0 Å². The average molecular weight is 97.2 g/mol. The molecule has 0 saturated heterocycles. The van der Waals surface area contributed by atoms with Gasteiger partial charge in [-0.3, -0.25) is 0 Å². The first-order chi connectivity index (χ1) is 3.38. The molecule has 0 radical (unpaired) electrons. The molecule has 0 aromatic heterocycles. The number of nitrogens with two attached hydrogens (primary N) is 1. The van der Waals surface area contributed by atoms with Gasteiger partial charge in [-0.1, -0.05) is 0 Å². The van der Waals surface area contributed by atoms with E-state index >= 15 is 0 Å². The first-order valence-corrected chi connectivity index (χ1v) is 3.13. The Bertz CT molecular complexity index is 86.2. The van der Waals surface area contributed by atoms with Crippen molar-refractivity contribution in [2.24, 2.45) is 17.6 Å². The number of fused-ring (bicyclic) bond motifs is 1. The molecule has 0 heterocycles. The predicted molar refractivity (Wildman–Crippen MR) is 28.8 cm³/mol. The highest BCUT2D eigenvalue weighted by Gasteiger charge is 2.44. The number of hydrogen-bond donors (Lipinski definition) is 1. The highest BCUT2D eigenvalue weighted by molar-refractivity contribution is 4.98. The summed E-state index contributed by atoms with van der Waals surface area (Å²) in [6, 6.07) is 0.596. The van der Waals surface area contributed by atoms with Gasteiger partial charge in [-0.25, -0.2) is 0 Å². The second-order valence-electron chi connectivity index (χ2n) is 2.90. The topological polar surface area (TPSA) is 26.0 Å². The van der Waals surface area contributed by atoms with Gasteiger partial charge in [0.25, 0.3) is 0 Å². The fraction of sp³-hybridized carbons (Fsp3) is 1.00. The van der Waals surface area contributed by atoms with Crippen LogP contribution in [0.4, 0.5) is 0 Å². The monoisotopic (exact) mass is 97.1 g/mol. The Morgan fingerprint density at radius 2 is 2.14 bits per heavy atom. The molecule has 2 aliphatic rings. The summed E-state index contributed by atoms with van der Waals surface area (Å²) in [6.45, 7) is 0. The van der Waals surface area contributed by atoms with Crippen molar-refractivity contribution in [3.63, 3.8) is 0 Å². The molecular formula is C6H11N. The van der Waals surface area contributed by atoms with Crippen LogP contribution in [0.25, 0.3) is 0 Å². The van der Waals surface area contributed by atoms with Gasteiger partial charge >= 0.3 is 0 Å². The summed E-state index contributed by atoms with van der Waals surface area (Å²) in [5.41, 5.74) is 5.66. The maximum Gasteiger partial charge on any atom is 0.00725 e. The Labute approximate surface area is 43.9 Å². The van der Waals surface area contributed by atoms with E-state index in [1.54, 1.807) is 0 Å². The standard InChI is InChI=1S/C6H11N/c7-6-3-4-1-2-5(4)6/h4-6H,1-3,7H2/t4?,5-,6?/m0/s1. The van der Waals surface area contributed by atoms with E-state index in [0.717, 1.165) is 11.8 Å². The minimum absolute atomic E-state index is 0.596. The maximum absolute atomic E-state index is 5.66. The van der Waals surface area contributed by atoms with Crippen molar-refractivity contribution in [2.75, 3.05) is 0 Å². The summed E-state index contributed by atoms with van der Waals surface area (Å²) < 4.78 is 0. The lowest BCUT2D eigenvalue weighted by Gasteiger charge is -2.51. The van der Waals surface area contributed by atoms with E-state index in [0.29, 0.717) is 6.04 Å². The van der Waals surface area contributed by atoms with Crippen LogP contribution in [0.2, 0.25) is 0 Å². The predicted octanol–water partition coefficient (Wildman–Crippen LogP) is 0.744. The van der Waals surface area contributed by atoms with E-state index in [1.165, 1.54) is 19.3 Å². The zero-order valence-corrected chi connectivity index (χ0v) is 4.43. The van der Waals surface area contributed by atoms with Gasteiger partial charge in [0.15, 0.2) is 0 Å². The molecule has 0 spiro atoms. The summed E-state index contributed by atoms with van der Waals surface area (Å²) in [7, 11) is 0. The van der Waals surface area contributed by atoms with Gasteiger partial charge in [0.05, 0.1) is 0 Å². The minimum Gasteiger partial charge on any atom is -0.327 e. The summed E-state index contributed by atoms with van der Waals surface area (Å²) in [5.74, 6) is 2.02. The quantitative estimate of drug-likeness (QED) is 0.474. The molecular weight excluding hydrogens is 86.1 g/mol. The maximum atomic E-state index is 5.66. The highest BCUT2D eigenvalue weighted by atomic mass is 14.7. The van der Waals surface area contributed by atoms with Crippen LogP contribution in [0.1, 0.15) is 19.3 Å². The molecule has 2 saturated carbocycles. The molecule has 2 aliphatic carbocycles. The van der Waals surface area contributed by atoms with Gasteiger partial charge in [-0.05, 0) is 31.1 Å². The molecule has 1 heteroatoms. The number of rotatable bonds is 0. The Balaban J connectivity index is 1.99. The molecule has 3 atom stereocenters. The van der Waals surface area contributed by atoms with Gasteiger partial charge in [-0.15, -0.1) is 0 Å². The molecule has 0 aromatic rings. The van der Waals surface area contributed by atoms with E-state index in [1.807, 2.05) is 0 Å². The van der Waals surface area contributed by atoms with Crippen LogP contribution in [0.3, 0.4) is 0 Å². The van der Waals surface area contributed by atoms with Crippen LogP contribution in [-0.2, 0) is 0 Å². The lowest BCUT2D eigenvalue weighted by atomic mass is 9.57. The van der Waals surface area contributed by atoms with Gasteiger partial charge < -0.3 is 5.73 Å². The van der Waals surface area contributed by atoms with Gasteiger partial charge in [0.1, 0.15) is 0 Å². The van der Waals surface area contributed by atoms with Gasteiger partial charge in [-0.2, -0.15) is 0 Å². The molecule has 1 nitrogen and oxygen atoms in total. The van der Waals surface area contributed by atoms with Crippen molar-refractivity contribution in [1.29, 1.82) is 0 Å². The van der Waals surface area contributed by atoms with Crippen molar-refractivity contribution in [3.8, 4) is 0 Å². The normalized spacial score (nSPS) is 57.0. The van der Waals surface area contributed by atoms with Crippen LogP contribution in [0.15, 0.2) is 0 Å². The van der Waals surface area contributed by atoms with E-state index in [9.17, 15) is 0 Å². The van der Waals surface area contributed by atoms with Crippen molar-refractivity contribution < 1.29 is 0 Å². The lowest BCUT2D eigenvalue weighted by molar-refractivity contribution is 0.0258. The first kappa shape index (κ1) is 3.90. The van der Waals surface area contributed by atoms with E-state index < -0.39 is 0 Å². The molecule has 2 unspecified atom stereocenters. The summed E-state index contributed by atoms with van der Waals surface area (Å²) in [5, 5.41) is 0. The second kappa shape index (κ2) is 1.03. The fourth-order valence-electron chi connectivity index (χ4n) is 1.78. The third-order valence-corrected chi connectivity index (χ3v) is 2.60. The van der Waals surface area contributed by atoms with E-state index in [2.05, 4.69) is 0 Å². The third kappa shape index (κ3) is 0.325. The first-order valence-electron chi connectivity index (χ1n) is 3.13. The van der Waals surface area contributed by atoms with Crippen molar-refractivity contribution in [2.45, 2.75) is 25.3 Å². The highest BCUT2D eigenvalue weighted by Crippen LogP contribution is 2.48.